The molecule has 2 fully saturated rings. The Morgan fingerprint density at radius 2 is 2.12 bits per heavy atom. The van der Waals surface area contributed by atoms with Gasteiger partial charge in [-0.25, -0.2) is 0 Å². The minimum Gasteiger partial charge on any atom is -0.497 e. The van der Waals surface area contributed by atoms with Crippen LogP contribution in [0.15, 0.2) is 30.3 Å². The van der Waals surface area contributed by atoms with Gasteiger partial charge in [0.05, 0.1) is 18.2 Å². The molecule has 2 aromatic rings. The van der Waals surface area contributed by atoms with E-state index in [9.17, 15) is 14.7 Å². The molecule has 7 nitrogen and oxygen atoms in total. The fraction of sp³-hybridized carbons (Fsp3) is 0.421. The molecule has 2 N–H and O–H groups in total. The highest BCUT2D eigenvalue weighted by Gasteiger charge is 2.55. The summed E-state index contributed by atoms with van der Waals surface area (Å²) in [6.45, 7) is 0.782. The Labute approximate surface area is 151 Å². The number of hydrogen-bond acceptors (Lipinski definition) is 4. The predicted octanol–water partition coefficient (Wildman–Crippen LogP) is 2.41. The molecule has 0 spiro atoms. The molecule has 0 bridgehead atoms. The Bertz CT molecular complexity index is 845. The third-order valence-corrected chi connectivity index (χ3v) is 5.78. The summed E-state index contributed by atoms with van der Waals surface area (Å²) in [4.78, 5) is 26.3. The fourth-order valence-corrected chi connectivity index (χ4v) is 4.30. The number of nitrogens with one attached hydrogen (secondary N) is 1. The molecule has 2 heterocycles. The average Bonchev–Trinajstić information content (AvgIpc) is 3.35. The van der Waals surface area contributed by atoms with Crippen molar-refractivity contribution >= 4 is 11.9 Å². The van der Waals surface area contributed by atoms with E-state index in [1.165, 1.54) is 0 Å². The molecule has 1 amide bonds. The number of carboxylic acid groups (broad SMARTS) is 1. The zero-order valence-corrected chi connectivity index (χ0v) is 14.6. The first kappa shape index (κ1) is 16.6. The number of carbonyl (C=O) groups is 2. The topological polar surface area (TPSA) is 95.5 Å². The second-order valence-electron chi connectivity index (χ2n) is 7.13. The van der Waals surface area contributed by atoms with Crippen LogP contribution in [0.25, 0.3) is 11.3 Å². The maximum atomic E-state index is 12.8. The maximum Gasteiger partial charge on any atom is 0.311 e. The average molecular weight is 355 g/mol. The second kappa shape index (κ2) is 6.16. The molecule has 26 heavy (non-hydrogen) atoms. The third kappa shape index (κ3) is 2.55. The summed E-state index contributed by atoms with van der Waals surface area (Å²) in [5.41, 5.74) is 1.16. The van der Waals surface area contributed by atoms with Crippen molar-refractivity contribution in [2.75, 3.05) is 20.2 Å². The first-order valence-electron chi connectivity index (χ1n) is 8.76. The summed E-state index contributed by atoms with van der Waals surface area (Å²) < 4.78 is 5.14. The van der Waals surface area contributed by atoms with Gasteiger partial charge in [-0.2, -0.15) is 5.10 Å². The number of ether oxygens (including phenoxy) is 1. The number of carbonyl (C=O) groups excluding carboxylic acids is 1. The largest absolute Gasteiger partial charge is 0.497 e. The van der Waals surface area contributed by atoms with Crippen LogP contribution in [0.1, 0.15) is 29.8 Å². The molecule has 1 aromatic carbocycles. The molecule has 0 unspecified atom stereocenters. The van der Waals surface area contributed by atoms with Gasteiger partial charge in [-0.15, -0.1) is 0 Å². The SMILES string of the molecule is COc1ccc(-c2cc(C(=O)N3C[C@@H]4CCC[C@@]4(C(=O)O)C3)[nH]n2)cc1. The van der Waals surface area contributed by atoms with Gasteiger partial charge in [0.2, 0.25) is 0 Å². The summed E-state index contributed by atoms with van der Waals surface area (Å²) in [5, 5.41) is 16.7. The number of aliphatic carboxylic acids is 1. The zero-order valence-electron chi connectivity index (χ0n) is 14.6. The van der Waals surface area contributed by atoms with E-state index in [0.29, 0.717) is 24.4 Å². The first-order chi connectivity index (χ1) is 12.5. The van der Waals surface area contributed by atoms with Crippen LogP contribution in [0, 0.1) is 11.3 Å². The number of benzene rings is 1. The van der Waals surface area contributed by atoms with E-state index in [1.807, 2.05) is 24.3 Å². The van der Waals surface area contributed by atoms with Crippen LogP contribution in [0.5, 0.6) is 5.75 Å². The number of carboxylic acids is 1. The van der Waals surface area contributed by atoms with Gasteiger partial charge >= 0.3 is 5.97 Å². The molecule has 0 radical (unpaired) electrons. The number of aromatic amines is 1. The lowest BCUT2D eigenvalue weighted by atomic mass is 9.81. The number of aromatic nitrogens is 2. The van der Waals surface area contributed by atoms with E-state index in [-0.39, 0.29) is 18.4 Å². The molecular weight excluding hydrogens is 334 g/mol. The highest BCUT2D eigenvalue weighted by atomic mass is 16.5. The minimum atomic E-state index is -0.779. The Morgan fingerprint density at radius 1 is 1.35 bits per heavy atom. The van der Waals surface area contributed by atoms with Crippen LogP contribution in [-0.2, 0) is 4.79 Å². The summed E-state index contributed by atoms with van der Waals surface area (Å²) in [6.07, 6.45) is 2.44. The molecule has 2 atom stereocenters. The van der Waals surface area contributed by atoms with Crippen LogP contribution >= 0.6 is 0 Å². The normalized spacial score (nSPS) is 24.5. The number of nitrogens with zero attached hydrogens (tertiary/aromatic N) is 2. The van der Waals surface area contributed by atoms with Gasteiger partial charge < -0.3 is 14.7 Å². The van der Waals surface area contributed by atoms with Gasteiger partial charge in [-0.1, -0.05) is 6.42 Å². The Hall–Kier alpha value is -2.83. The van der Waals surface area contributed by atoms with Gasteiger partial charge in [-0.05, 0) is 49.1 Å². The molecular formula is C19H21N3O4. The van der Waals surface area contributed by atoms with E-state index in [1.54, 1.807) is 18.1 Å². The zero-order chi connectivity index (χ0) is 18.3. The van der Waals surface area contributed by atoms with Crippen molar-refractivity contribution in [2.45, 2.75) is 19.3 Å². The monoisotopic (exact) mass is 355 g/mol. The van der Waals surface area contributed by atoms with Crippen molar-refractivity contribution in [3.8, 4) is 17.0 Å². The van der Waals surface area contributed by atoms with Crippen molar-refractivity contribution in [2.24, 2.45) is 11.3 Å². The second-order valence-corrected chi connectivity index (χ2v) is 7.13. The lowest BCUT2D eigenvalue weighted by Crippen LogP contribution is -2.37. The molecule has 7 heteroatoms. The minimum absolute atomic E-state index is 0.0490. The van der Waals surface area contributed by atoms with E-state index >= 15 is 0 Å². The molecule has 136 valence electrons. The number of rotatable bonds is 4. The van der Waals surface area contributed by atoms with E-state index in [0.717, 1.165) is 24.2 Å². The Kier molecular flexibility index (Phi) is 3.94. The highest BCUT2D eigenvalue weighted by Crippen LogP contribution is 2.49. The summed E-state index contributed by atoms with van der Waals surface area (Å²) in [6, 6.07) is 9.14. The molecule has 1 aliphatic carbocycles. The molecule has 4 rings (SSSR count). The Balaban J connectivity index is 1.53. The van der Waals surface area contributed by atoms with Gasteiger partial charge in [0, 0.05) is 18.7 Å². The smallest absolute Gasteiger partial charge is 0.311 e. The number of hydrogen-bond donors (Lipinski definition) is 2. The summed E-state index contributed by atoms with van der Waals surface area (Å²) >= 11 is 0. The lowest BCUT2D eigenvalue weighted by molar-refractivity contribution is -0.149. The molecule has 1 aromatic heterocycles. The van der Waals surface area contributed by atoms with Crippen molar-refractivity contribution < 1.29 is 19.4 Å². The van der Waals surface area contributed by atoms with E-state index in [2.05, 4.69) is 10.2 Å². The van der Waals surface area contributed by atoms with Crippen molar-refractivity contribution in [3.63, 3.8) is 0 Å². The Morgan fingerprint density at radius 3 is 2.77 bits per heavy atom. The van der Waals surface area contributed by atoms with Crippen LogP contribution in [-0.4, -0.2) is 52.3 Å². The van der Waals surface area contributed by atoms with Crippen LogP contribution in [0.2, 0.25) is 0 Å². The quantitative estimate of drug-likeness (QED) is 0.878. The molecule has 1 saturated heterocycles. The van der Waals surface area contributed by atoms with Gasteiger partial charge in [0.15, 0.2) is 0 Å². The standard InChI is InChI=1S/C19H21N3O4/c1-26-14-6-4-12(5-7-14)15-9-16(21-20-15)17(23)22-10-13-3-2-8-19(13,11-22)18(24)25/h4-7,9,13H,2-3,8,10-11H2,1H3,(H,20,21)(H,24,25)/t13-,19+/m0/s1. The summed E-state index contributed by atoms with van der Waals surface area (Å²) in [5.74, 6) is -0.165. The number of methoxy groups -OCH3 is 1. The van der Waals surface area contributed by atoms with Crippen LogP contribution in [0.3, 0.4) is 0 Å². The number of H-pyrrole nitrogens is 1. The van der Waals surface area contributed by atoms with E-state index < -0.39 is 11.4 Å². The molecule has 1 aliphatic heterocycles. The number of likely N-dealkylation sites (tertiary alicyclic amines) is 1. The number of amides is 1. The van der Waals surface area contributed by atoms with Crippen molar-refractivity contribution in [1.29, 1.82) is 0 Å². The molecule has 1 saturated carbocycles. The van der Waals surface area contributed by atoms with Gasteiger partial charge in [0.1, 0.15) is 11.4 Å². The van der Waals surface area contributed by atoms with Crippen molar-refractivity contribution in [3.05, 3.63) is 36.0 Å². The van der Waals surface area contributed by atoms with Crippen LogP contribution < -0.4 is 4.74 Å². The predicted molar refractivity (Wildman–Crippen MR) is 93.9 cm³/mol. The lowest BCUT2D eigenvalue weighted by Gasteiger charge is -2.23. The van der Waals surface area contributed by atoms with E-state index in [4.69, 9.17) is 4.74 Å². The maximum absolute atomic E-state index is 12.8. The summed E-state index contributed by atoms with van der Waals surface area (Å²) in [7, 11) is 1.61. The fourth-order valence-electron chi connectivity index (χ4n) is 4.30. The molecule has 2 aliphatic rings. The van der Waals surface area contributed by atoms with Crippen LogP contribution in [0.4, 0.5) is 0 Å². The number of fused-ring (bicyclic) bond motifs is 1. The van der Waals surface area contributed by atoms with Gasteiger partial charge in [0.25, 0.3) is 5.91 Å². The van der Waals surface area contributed by atoms with Gasteiger partial charge in [-0.3, -0.25) is 14.7 Å². The van der Waals surface area contributed by atoms with Crippen molar-refractivity contribution in [1.82, 2.24) is 15.1 Å². The first-order valence-corrected chi connectivity index (χ1v) is 8.76. The third-order valence-electron chi connectivity index (χ3n) is 5.78. The highest BCUT2D eigenvalue weighted by molar-refractivity contribution is 5.94.